The third-order valence-electron chi connectivity index (χ3n) is 3.47. The van der Waals surface area contributed by atoms with Crippen molar-refractivity contribution in [3.63, 3.8) is 0 Å². The third-order valence-corrected chi connectivity index (χ3v) is 6.33. The molecule has 2 fully saturated rings. The van der Waals surface area contributed by atoms with Gasteiger partial charge in [-0.25, -0.2) is 9.59 Å². The normalized spacial score (nSPS) is 17.7. The van der Waals surface area contributed by atoms with Crippen LogP contribution in [0, 0.1) is 0 Å². The maximum Gasteiger partial charge on any atom is 0.343 e. The molecule has 0 N–H and O–H groups in total. The van der Waals surface area contributed by atoms with Gasteiger partial charge in [0.05, 0.1) is 15.6 Å². The van der Waals surface area contributed by atoms with Gasteiger partial charge in [0.2, 0.25) is 0 Å². The number of nitrogens with zero attached hydrogens (tertiary/aromatic N) is 2. The highest BCUT2D eigenvalue weighted by molar-refractivity contribution is 8.18. The molecule has 0 aromatic rings. The van der Waals surface area contributed by atoms with Gasteiger partial charge in [-0.05, 0) is 13.8 Å². The van der Waals surface area contributed by atoms with Crippen LogP contribution < -0.4 is 0 Å². The van der Waals surface area contributed by atoms with Crippen molar-refractivity contribution in [2.24, 2.45) is 0 Å². The van der Waals surface area contributed by atoms with E-state index in [0.29, 0.717) is 10.1 Å². The Morgan fingerprint density at radius 3 is 1.37 bits per heavy atom. The second-order valence-electron chi connectivity index (χ2n) is 6.07. The lowest BCUT2D eigenvalue weighted by Gasteiger charge is -2.23. The summed E-state index contributed by atoms with van der Waals surface area (Å²) >= 11 is 2.28. The first-order chi connectivity index (χ1) is 12.6. The number of hydrogen-bond donors (Lipinski definition) is 0. The van der Waals surface area contributed by atoms with E-state index in [0.717, 1.165) is 23.5 Å². The SMILES string of the molecule is CC(C)(SCC(=O)ON1C(=O)CCC1=O)SCC(=O)ON1C(=O)CCC1=O. The molecule has 2 heterocycles. The largest absolute Gasteiger partial charge is 0.343 e. The fraction of sp³-hybridized carbons (Fsp3) is 0.600. The van der Waals surface area contributed by atoms with Gasteiger partial charge in [0.1, 0.15) is 0 Å². The van der Waals surface area contributed by atoms with Crippen LogP contribution in [0.3, 0.4) is 0 Å². The molecular formula is C15H18N2O8S2. The molecular weight excluding hydrogens is 400 g/mol. The topological polar surface area (TPSA) is 127 Å². The summed E-state index contributed by atoms with van der Waals surface area (Å²) in [6.07, 6.45) is 0.0743. The van der Waals surface area contributed by atoms with Crippen LogP contribution in [-0.4, -0.2) is 61.3 Å². The smallest absolute Gasteiger partial charge is 0.329 e. The number of thioether (sulfide) groups is 2. The summed E-state index contributed by atoms with van der Waals surface area (Å²) in [6.45, 7) is 3.50. The van der Waals surface area contributed by atoms with E-state index in [2.05, 4.69) is 0 Å². The molecule has 2 saturated heterocycles. The number of hydroxylamine groups is 4. The van der Waals surface area contributed by atoms with Gasteiger partial charge in [0.15, 0.2) is 0 Å². The predicted octanol–water partition coefficient (Wildman–Crippen LogP) is 0.403. The Labute approximate surface area is 163 Å². The number of hydrogen-bond acceptors (Lipinski definition) is 10. The minimum absolute atomic E-state index is 0.0186. The maximum atomic E-state index is 11.8. The van der Waals surface area contributed by atoms with Crippen molar-refractivity contribution < 1.29 is 38.4 Å². The van der Waals surface area contributed by atoms with Crippen LogP contribution in [0.15, 0.2) is 0 Å². The van der Waals surface area contributed by atoms with E-state index in [-0.39, 0.29) is 37.2 Å². The van der Waals surface area contributed by atoms with Crippen molar-refractivity contribution >= 4 is 59.1 Å². The van der Waals surface area contributed by atoms with Crippen LogP contribution in [0.2, 0.25) is 0 Å². The molecule has 4 amide bonds. The second-order valence-corrected chi connectivity index (χ2v) is 9.52. The number of rotatable bonds is 8. The van der Waals surface area contributed by atoms with Crippen LogP contribution in [0.1, 0.15) is 39.5 Å². The van der Waals surface area contributed by atoms with Gasteiger partial charge >= 0.3 is 11.9 Å². The Morgan fingerprint density at radius 2 is 1.07 bits per heavy atom. The van der Waals surface area contributed by atoms with E-state index >= 15 is 0 Å². The Kier molecular flexibility index (Phi) is 6.87. The Bertz CT molecular complexity index is 605. The zero-order valence-electron chi connectivity index (χ0n) is 14.7. The summed E-state index contributed by atoms with van der Waals surface area (Å²) in [6, 6.07) is 0. The van der Waals surface area contributed by atoms with Gasteiger partial charge in [0, 0.05) is 25.7 Å². The summed E-state index contributed by atoms with van der Waals surface area (Å²) in [7, 11) is 0. The van der Waals surface area contributed by atoms with Gasteiger partial charge in [-0.1, -0.05) is 0 Å². The molecule has 0 aliphatic carbocycles. The van der Waals surface area contributed by atoms with E-state index in [1.807, 2.05) is 0 Å². The van der Waals surface area contributed by atoms with Gasteiger partial charge < -0.3 is 9.68 Å². The minimum atomic E-state index is -0.756. The van der Waals surface area contributed by atoms with E-state index < -0.39 is 39.6 Å². The third kappa shape index (κ3) is 5.96. The molecule has 2 rings (SSSR count). The summed E-state index contributed by atoms with van der Waals surface area (Å²) in [5.41, 5.74) is 0. The number of amides is 4. The predicted molar refractivity (Wildman–Crippen MR) is 93.4 cm³/mol. The van der Waals surface area contributed by atoms with Gasteiger partial charge in [-0.15, -0.1) is 33.7 Å². The molecule has 0 bridgehead atoms. The molecule has 148 valence electrons. The molecule has 27 heavy (non-hydrogen) atoms. The fourth-order valence-corrected chi connectivity index (χ4v) is 3.80. The quantitative estimate of drug-likeness (QED) is 0.404. The zero-order valence-corrected chi connectivity index (χ0v) is 16.4. The Hall–Kier alpha value is -2.08. The molecule has 0 spiro atoms. The van der Waals surface area contributed by atoms with Crippen LogP contribution in [0.4, 0.5) is 0 Å². The molecule has 2 aliphatic heterocycles. The number of imide groups is 2. The van der Waals surface area contributed by atoms with Crippen molar-refractivity contribution in [3.05, 3.63) is 0 Å². The lowest BCUT2D eigenvalue weighted by atomic mass is 10.4. The minimum Gasteiger partial charge on any atom is -0.329 e. The number of carbonyl (C=O) groups excluding carboxylic acids is 6. The van der Waals surface area contributed by atoms with Crippen molar-refractivity contribution in [3.8, 4) is 0 Å². The van der Waals surface area contributed by atoms with Crippen LogP contribution in [0.5, 0.6) is 0 Å². The van der Waals surface area contributed by atoms with Gasteiger partial charge in [-0.2, -0.15) is 0 Å². The summed E-state index contributed by atoms with van der Waals surface area (Å²) in [4.78, 5) is 78.7. The molecule has 2 aliphatic rings. The highest BCUT2D eigenvalue weighted by atomic mass is 32.2. The summed E-state index contributed by atoms with van der Waals surface area (Å²) in [5, 5.41) is 0.953. The molecule has 0 atom stereocenters. The van der Waals surface area contributed by atoms with Gasteiger partial charge in [-0.3, -0.25) is 19.2 Å². The first-order valence-electron chi connectivity index (χ1n) is 8.00. The highest BCUT2D eigenvalue weighted by Gasteiger charge is 2.35. The van der Waals surface area contributed by atoms with Crippen molar-refractivity contribution in [2.45, 2.75) is 43.6 Å². The lowest BCUT2D eigenvalue weighted by molar-refractivity contribution is -0.195. The van der Waals surface area contributed by atoms with E-state index in [1.165, 1.54) is 0 Å². The molecule has 0 aromatic heterocycles. The summed E-state index contributed by atoms with van der Waals surface area (Å²) in [5.74, 6) is -4.02. The van der Waals surface area contributed by atoms with Gasteiger partial charge in [0.25, 0.3) is 23.6 Å². The number of carbonyl (C=O) groups is 6. The van der Waals surface area contributed by atoms with Crippen LogP contribution >= 0.6 is 23.5 Å². The van der Waals surface area contributed by atoms with Crippen LogP contribution in [-0.2, 0) is 38.4 Å². The van der Waals surface area contributed by atoms with Crippen molar-refractivity contribution in [2.75, 3.05) is 11.5 Å². The molecule has 0 radical (unpaired) electrons. The average molecular weight is 418 g/mol. The van der Waals surface area contributed by atoms with Crippen molar-refractivity contribution in [1.29, 1.82) is 0 Å². The first-order valence-corrected chi connectivity index (χ1v) is 9.97. The highest BCUT2D eigenvalue weighted by Crippen LogP contribution is 2.36. The standard InChI is InChI=1S/C15H18N2O8S2/c1-15(2,26-7-13(22)24-16-9(18)3-4-10(16)19)27-8-14(23)25-17-11(20)5-6-12(17)21/h3-8H2,1-2H3. The Morgan fingerprint density at radius 1 is 0.778 bits per heavy atom. The lowest BCUT2D eigenvalue weighted by Crippen LogP contribution is -2.33. The molecule has 0 unspecified atom stereocenters. The fourth-order valence-electron chi connectivity index (χ4n) is 2.08. The monoisotopic (exact) mass is 418 g/mol. The van der Waals surface area contributed by atoms with Crippen LogP contribution in [0.25, 0.3) is 0 Å². The summed E-state index contributed by atoms with van der Waals surface area (Å²) < 4.78 is -0.615. The molecule has 0 saturated carbocycles. The second kappa shape index (κ2) is 8.74. The van der Waals surface area contributed by atoms with Crippen molar-refractivity contribution in [1.82, 2.24) is 10.1 Å². The first kappa shape index (κ1) is 21.2. The zero-order chi connectivity index (χ0) is 20.2. The van der Waals surface area contributed by atoms with E-state index in [1.54, 1.807) is 13.8 Å². The molecule has 12 heteroatoms. The average Bonchev–Trinajstić information content (AvgIpc) is 3.08. The van der Waals surface area contributed by atoms with E-state index in [4.69, 9.17) is 9.68 Å². The molecule has 10 nitrogen and oxygen atoms in total. The molecule has 0 aromatic carbocycles. The maximum absolute atomic E-state index is 11.8. The van der Waals surface area contributed by atoms with E-state index in [9.17, 15) is 28.8 Å². The Balaban J connectivity index is 1.72.